The summed E-state index contributed by atoms with van der Waals surface area (Å²) in [6.07, 6.45) is 14.0. The fourth-order valence-electron chi connectivity index (χ4n) is 4.81. The minimum Gasteiger partial charge on any atom is -0.477 e. The van der Waals surface area contributed by atoms with E-state index in [1.807, 2.05) is 36.0 Å². The zero-order chi connectivity index (χ0) is 24.7. The van der Waals surface area contributed by atoms with Crippen molar-refractivity contribution in [3.05, 3.63) is 70.9 Å². The number of hydrogen-bond acceptors (Lipinski definition) is 6. The van der Waals surface area contributed by atoms with E-state index in [4.69, 9.17) is 19.6 Å². The normalized spacial score (nSPS) is 15.8. The Kier molecular flexibility index (Phi) is 7.94. The van der Waals surface area contributed by atoms with Crippen molar-refractivity contribution in [2.45, 2.75) is 77.2 Å². The highest BCUT2D eigenvalue weighted by Crippen LogP contribution is 2.30. The second-order valence-electron chi connectivity index (χ2n) is 9.97. The predicted octanol–water partition coefficient (Wildman–Crippen LogP) is 5.06. The zero-order valence-corrected chi connectivity index (χ0v) is 21.2. The van der Waals surface area contributed by atoms with Crippen molar-refractivity contribution >= 4 is 5.97 Å². The highest BCUT2D eigenvalue weighted by molar-refractivity contribution is 5.70. The van der Waals surface area contributed by atoms with E-state index in [-0.39, 0.29) is 18.4 Å². The van der Waals surface area contributed by atoms with Crippen LogP contribution in [0.2, 0.25) is 0 Å². The lowest BCUT2D eigenvalue weighted by molar-refractivity contribution is -0.143. The monoisotopic (exact) mass is 488 g/mol. The maximum absolute atomic E-state index is 12.4. The molecule has 0 N–H and O–H groups in total. The van der Waals surface area contributed by atoms with Crippen LogP contribution in [0.25, 0.3) is 0 Å². The van der Waals surface area contributed by atoms with Gasteiger partial charge < -0.3 is 9.47 Å². The van der Waals surface area contributed by atoms with Crippen LogP contribution in [0.15, 0.2) is 42.7 Å². The number of ether oxygens (including phenoxy) is 2. The molecule has 0 unspecified atom stereocenters. The quantitative estimate of drug-likeness (QED) is 0.332. The lowest BCUT2D eigenvalue weighted by atomic mass is 9.95. The second kappa shape index (κ2) is 11.7. The summed E-state index contributed by atoms with van der Waals surface area (Å²) in [6, 6.07) is 10.1. The highest BCUT2D eigenvalue weighted by atomic mass is 16.5. The highest BCUT2D eigenvalue weighted by Gasteiger charge is 2.23. The predicted molar refractivity (Wildman–Crippen MR) is 137 cm³/mol. The van der Waals surface area contributed by atoms with Gasteiger partial charge in [0, 0.05) is 29.8 Å². The number of nitrogens with zero attached hydrogens (tertiary/aromatic N) is 4. The van der Waals surface area contributed by atoms with Gasteiger partial charge in [-0.3, -0.25) is 14.5 Å². The average molecular weight is 489 g/mol. The lowest BCUT2D eigenvalue weighted by Gasteiger charge is -2.17. The third kappa shape index (κ3) is 6.50. The van der Waals surface area contributed by atoms with Crippen molar-refractivity contribution in [3.63, 3.8) is 0 Å². The van der Waals surface area contributed by atoms with Gasteiger partial charge in [0.2, 0.25) is 5.88 Å². The molecule has 3 heterocycles. The summed E-state index contributed by atoms with van der Waals surface area (Å²) < 4.78 is 12.9. The molecule has 0 amide bonds. The van der Waals surface area contributed by atoms with Gasteiger partial charge in [-0.2, -0.15) is 5.10 Å². The van der Waals surface area contributed by atoms with Gasteiger partial charge in [-0.25, -0.2) is 4.98 Å². The molecule has 0 saturated heterocycles. The Labute approximate surface area is 213 Å². The first-order chi connectivity index (χ1) is 17.7. The van der Waals surface area contributed by atoms with Crippen molar-refractivity contribution in [2.75, 3.05) is 13.2 Å². The Hall–Kier alpha value is -3.22. The van der Waals surface area contributed by atoms with E-state index in [0.29, 0.717) is 18.4 Å². The zero-order valence-electron chi connectivity index (χ0n) is 21.2. The fourth-order valence-corrected chi connectivity index (χ4v) is 4.81. The van der Waals surface area contributed by atoms with Crippen LogP contribution < -0.4 is 4.74 Å². The fraction of sp³-hybridized carbons (Fsp3) is 0.517. The van der Waals surface area contributed by atoms with E-state index in [1.165, 1.54) is 49.1 Å². The molecule has 0 bridgehead atoms. The van der Waals surface area contributed by atoms with Crippen LogP contribution in [-0.4, -0.2) is 38.9 Å². The van der Waals surface area contributed by atoms with Crippen molar-refractivity contribution in [1.82, 2.24) is 19.7 Å². The van der Waals surface area contributed by atoms with Crippen molar-refractivity contribution in [3.8, 4) is 5.88 Å². The first kappa shape index (κ1) is 24.5. The number of pyridine rings is 2. The Morgan fingerprint density at radius 2 is 1.94 bits per heavy atom. The largest absolute Gasteiger partial charge is 0.477 e. The maximum atomic E-state index is 12.4. The Morgan fingerprint density at radius 3 is 2.75 bits per heavy atom. The van der Waals surface area contributed by atoms with Crippen LogP contribution in [-0.2, 0) is 35.2 Å². The molecule has 2 aliphatic carbocycles. The number of esters is 1. The van der Waals surface area contributed by atoms with Gasteiger partial charge in [-0.15, -0.1) is 0 Å². The smallest absolute Gasteiger partial charge is 0.308 e. The van der Waals surface area contributed by atoms with E-state index < -0.39 is 0 Å². The summed E-state index contributed by atoms with van der Waals surface area (Å²) in [4.78, 5) is 21.8. The molecule has 36 heavy (non-hydrogen) atoms. The summed E-state index contributed by atoms with van der Waals surface area (Å²) in [6.45, 7) is 2.91. The summed E-state index contributed by atoms with van der Waals surface area (Å²) in [5.41, 5.74) is 5.81. The number of carbonyl (C=O) groups is 1. The van der Waals surface area contributed by atoms with Gasteiger partial charge in [0.25, 0.3) is 0 Å². The molecule has 7 nitrogen and oxygen atoms in total. The molecule has 7 heteroatoms. The Morgan fingerprint density at radius 1 is 1.08 bits per heavy atom. The number of aromatic nitrogens is 4. The molecule has 1 atom stereocenters. The summed E-state index contributed by atoms with van der Waals surface area (Å²) in [5.74, 6) is 1.05. The molecular formula is C29H36N4O3. The molecule has 1 fully saturated rings. The second-order valence-corrected chi connectivity index (χ2v) is 9.97. The van der Waals surface area contributed by atoms with Crippen LogP contribution in [0.3, 0.4) is 0 Å². The minimum absolute atomic E-state index is 0.206. The molecule has 0 spiro atoms. The molecule has 1 saturated carbocycles. The van der Waals surface area contributed by atoms with Crippen molar-refractivity contribution < 1.29 is 14.3 Å². The van der Waals surface area contributed by atoms with E-state index in [0.717, 1.165) is 43.5 Å². The third-order valence-electron chi connectivity index (χ3n) is 7.06. The van der Waals surface area contributed by atoms with E-state index in [1.54, 1.807) is 6.20 Å². The van der Waals surface area contributed by atoms with Gasteiger partial charge in [0.05, 0.1) is 31.4 Å². The molecule has 0 radical (unpaired) electrons. The van der Waals surface area contributed by atoms with Crippen molar-refractivity contribution in [1.29, 1.82) is 0 Å². The van der Waals surface area contributed by atoms with Gasteiger partial charge in [0.15, 0.2) is 0 Å². The van der Waals surface area contributed by atoms with Crippen LogP contribution >= 0.6 is 0 Å². The number of carbonyl (C=O) groups excluding carboxylic acids is 1. The van der Waals surface area contributed by atoms with Gasteiger partial charge >= 0.3 is 5.97 Å². The SMILES string of the molecule is CCOC(=O)C[C@@H](c1ccc(OCC2CC2)nc1)n1ccc(CCCc2ccc3c(n2)CCCC3)n1. The molecule has 3 aromatic rings. The van der Waals surface area contributed by atoms with Crippen LogP contribution in [0.1, 0.15) is 79.7 Å². The van der Waals surface area contributed by atoms with E-state index in [2.05, 4.69) is 17.1 Å². The number of aryl methyl sites for hydroxylation is 4. The van der Waals surface area contributed by atoms with Gasteiger partial charge in [-0.05, 0) is 100.0 Å². The first-order valence-electron chi connectivity index (χ1n) is 13.4. The summed E-state index contributed by atoms with van der Waals surface area (Å²) in [5, 5.41) is 4.82. The number of fused-ring (bicyclic) bond motifs is 1. The van der Waals surface area contributed by atoms with Gasteiger partial charge in [-0.1, -0.05) is 6.07 Å². The molecule has 190 valence electrons. The third-order valence-corrected chi connectivity index (χ3v) is 7.06. The van der Waals surface area contributed by atoms with Crippen LogP contribution in [0.5, 0.6) is 5.88 Å². The minimum atomic E-state index is -0.273. The molecular weight excluding hydrogens is 452 g/mol. The molecule has 3 aromatic heterocycles. The number of rotatable bonds is 12. The molecule has 0 aromatic carbocycles. The average Bonchev–Trinajstić information content (AvgIpc) is 3.62. The lowest BCUT2D eigenvalue weighted by Crippen LogP contribution is -2.18. The van der Waals surface area contributed by atoms with Crippen molar-refractivity contribution in [2.24, 2.45) is 5.92 Å². The van der Waals surface area contributed by atoms with E-state index >= 15 is 0 Å². The maximum Gasteiger partial charge on any atom is 0.308 e. The summed E-state index contributed by atoms with van der Waals surface area (Å²) in [7, 11) is 0. The standard InChI is InChI=1S/C29H36N4O3/c1-2-35-29(34)18-27(23-13-15-28(30-19-23)36-20-21-10-11-21)33-17-16-25(32-33)8-5-7-24-14-12-22-6-3-4-9-26(22)31-24/h12-17,19,21,27H,2-11,18,20H2,1H3/t27-/m0/s1. The first-order valence-corrected chi connectivity index (χ1v) is 13.4. The Bertz CT molecular complexity index is 1150. The summed E-state index contributed by atoms with van der Waals surface area (Å²) >= 11 is 0. The molecule has 5 rings (SSSR count). The van der Waals surface area contributed by atoms with Gasteiger partial charge in [0.1, 0.15) is 0 Å². The van der Waals surface area contributed by atoms with Crippen LogP contribution in [0, 0.1) is 5.92 Å². The van der Waals surface area contributed by atoms with E-state index in [9.17, 15) is 4.79 Å². The topological polar surface area (TPSA) is 79.1 Å². The molecule has 0 aliphatic heterocycles. The van der Waals surface area contributed by atoms with Crippen LogP contribution in [0.4, 0.5) is 0 Å². The molecule has 2 aliphatic rings. The Balaban J connectivity index is 1.22. The number of hydrogen-bond donors (Lipinski definition) is 0.